The van der Waals surface area contributed by atoms with E-state index in [1.165, 1.54) is 0 Å². The number of amides is 1. The highest BCUT2D eigenvalue weighted by molar-refractivity contribution is 6.42. The summed E-state index contributed by atoms with van der Waals surface area (Å²) >= 11 is 0. The zero-order valence-electron chi connectivity index (χ0n) is 14.0. The molecule has 0 bridgehead atoms. The summed E-state index contributed by atoms with van der Waals surface area (Å²) in [5.41, 5.74) is 1.26. The molecule has 0 unspecified atom stereocenters. The van der Waals surface area contributed by atoms with Crippen LogP contribution in [0.4, 0.5) is 13.2 Å². The van der Waals surface area contributed by atoms with Gasteiger partial charge in [0.25, 0.3) is 5.91 Å². The van der Waals surface area contributed by atoms with Crippen LogP contribution in [0.1, 0.15) is 43.1 Å². The monoisotopic (exact) mass is 345 g/mol. The van der Waals surface area contributed by atoms with Crippen molar-refractivity contribution in [1.82, 2.24) is 5.32 Å². The Balaban J connectivity index is 2.39. The van der Waals surface area contributed by atoms with Gasteiger partial charge in [-0.25, -0.2) is 0 Å². The first kappa shape index (κ1) is 20.2. The maximum atomic E-state index is 12.0. The minimum absolute atomic E-state index is 0.0553. The fraction of sp³-hybridized carbons (Fsp3) is 0.529. The highest BCUT2D eigenvalue weighted by Crippen LogP contribution is 2.22. The standard InChI is InChI=1S/C17H22F3NO3/c1-16(2,3)13-7-5-12(6-8-13)14(22)15(23)21-9-4-10-24-11-17(18,19)20/h5-8H,4,9-11H2,1-3H3,(H,21,23). The second-order valence-electron chi connectivity index (χ2n) is 6.43. The van der Waals surface area contributed by atoms with Crippen molar-refractivity contribution in [3.63, 3.8) is 0 Å². The third-order valence-electron chi connectivity index (χ3n) is 3.24. The second kappa shape index (κ2) is 8.28. The molecule has 7 heteroatoms. The summed E-state index contributed by atoms with van der Waals surface area (Å²) in [7, 11) is 0. The Morgan fingerprint density at radius 3 is 2.17 bits per heavy atom. The van der Waals surface area contributed by atoms with Crippen molar-refractivity contribution >= 4 is 11.7 Å². The topological polar surface area (TPSA) is 55.4 Å². The Morgan fingerprint density at radius 1 is 1.08 bits per heavy atom. The molecule has 0 saturated heterocycles. The second-order valence-corrected chi connectivity index (χ2v) is 6.43. The SMILES string of the molecule is CC(C)(C)c1ccc(C(=O)C(=O)NCCCOCC(F)(F)F)cc1. The Morgan fingerprint density at radius 2 is 1.67 bits per heavy atom. The lowest BCUT2D eigenvalue weighted by Gasteiger charge is -2.18. The van der Waals surface area contributed by atoms with Crippen LogP contribution in [0.25, 0.3) is 0 Å². The van der Waals surface area contributed by atoms with Crippen molar-refractivity contribution in [3.05, 3.63) is 35.4 Å². The zero-order chi connectivity index (χ0) is 18.4. The van der Waals surface area contributed by atoms with Crippen molar-refractivity contribution in [2.45, 2.75) is 38.8 Å². The van der Waals surface area contributed by atoms with Gasteiger partial charge in [-0.05, 0) is 17.4 Å². The van der Waals surface area contributed by atoms with Crippen LogP contribution in [-0.4, -0.2) is 37.6 Å². The highest BCUT2D eigenvalue weighted by atomic mass is 19.4. The van der Waals surface area contributed by atoms with Gasteiger partial charge in [-0.15, -0.1) is 0 Å². The minimum Gasteiger partial charge on any atom is -0.372 e. The predicted molar refractivity (Wildman–Crippen MR) is 84.0 cm³/mol. The van der Waals surface area contributed by atoms with Crippen molar-refractivity contribution in [3.8, 4) is 0 Å². The molecule has 0 aliphatic rings. The molecule has 1 rings (SSSR count). The van der Waals surface area contributed by atoms with Gasteiger partial charge in [-0.1, -0.05) is 45.0 Å². The van der Waals surface area contributed by atoms with Crippen LogP contribution in [0.2, 0.25) is 0 Å². The number of hydrogen-bond donors (Lipinski definition) is 1. The Bertz CT molecular complexity index is 560. The molecular formula is C17H22F3NO3. The number of halogens is 3. The van der Waals surface area contributed by atoms with Gasteiger partial charge in [0.1, 0.15) is 6.61 Å². The number of Topliss-reactive ketones (excluding diaryl/α,β-unsaturated/α-hetero) is 1. The lowest BCUT2D eigenvalue weighted by molar-refractivity contribution is -0.174. The van der Waals surface area contributed by atoms with E-state index in [4.69, 9.17) is 0 Å². The van der Waals surface area contributed by atoms with Gasteiger partial charge >= 0.3 is 6.18 Å². The normalized spacial score (nSPS) is 12.1. The number of hydrogen-bond acceptors (Lipinski definition) is 3. The van der Waals surface area contributed by atoms with Crippen LogP contribution in [0.5, 0.6) is 0 Å². The number of rotatable bonds is 7. The Kier molecular flexibility index (Phi) is 6.95. The summed E-state index contributed by atoms with van der Waals surface area (Å²) < 4.78 is 40.0. The summed E-state index contributed by atoms with van der Waals surface area (Å²) in [4.78, 5) is 23.7. The number of ether oxygens (including phenoxy) is 1. The molecule has 1 aromatic rings. The van der Waals surface area contributed by atoms with Gasteiger partial charge in [0.15, 0.2) is 0 Å². The average Bonchev–Trinajstić information content (AvgIpc) is 2.48. The van der Waals surface area contributed by atoms with Crippen LogP contribution in [0.15, 0.2) is 24.3 Å². The van der Waals surface area contributed by atoms with E-state index in [0.717, 1.165) is 5.56 Å². The number of ketones is 1. The lowest BCUT2D eigenvalue weighted by Crippen LogP contribution is -2.32. The lowest BCUT2D eigenvalue weighted by atomic mass is 9.86. The molecule has 134 valence electrons. The van der Waals surface area contributed by atoms with Gasteiger partial charge in [0, 0.05) is 18.7 Å². The van der Waals surface area contributed by atoms with Crippen LogP contribution in [0.3, 0.4) is 0 Å². The van der Waals surface area contributed by atoms with Crippen molar-refractivity contribution in [1.29, 1.82) is 0 Å². The molecule has 0 aromatic heterocycles. The number of alkyl halides is 3. The first-order valence-corrected chi connectivity index (χ1v) is 7.58. The molecule has 1 N–H and O–H groups in total. The smallest absolute Gasteiger partial charge is 0.372 e. The van der Waals surface area contributed by atoms with Gasteiger partial charge in [0.2, 0.25) is 5.78 Å². The van der Waals surface area contributed by atoms with Gasteiger partial charge in [-0.2, -0.15) is 13.2 Å². The Labute approximate surface area is 139 Å². The van der Waals surface area contributed by atoms with Crippen LogP contribution >= 0.6 is 0 Å². The van der Waals surface area contributed by atoms with Gasteiger partial charge < -0.3 is 10.1 Å². The molecule has 1 amide bonds. The molecule has 4 nitrogen and oxygen atoms in total. The Hall–Kier alpha value is -1.89. The molecule has 24 heavy (non-hydrogen) atoms. The largest absolute Gasteiger partial charge is 0.411 e. The summed E-state index contributed by atoms with van der Waals surface area (Å²) in [5, 5.41) is 2.37. The molecule has 0 radical (unpaired) electrons. The maximum Gasteiger partial charge on any atom is 0.411 e. The molecule has 0 fully saturated rings. The summed E-state index contributed by atoms with van der Waals surface area (Å²) in [5.74, 6) is -1.46. The molecule has 0 aliphatic heterocycles. The maximum absolute atomic E-state index is 12.0. The van der Waals surface area contributed by atoms with Crippen LogP contribution < -0.4 is 5.32 Å². The fourth-order valence-electron chi connectivity index (χ4n) is 1.90. The predicted octanol–water partition coefficient (Wildman–Crippen LogP) is 3.25. The number of nitrogens with one attached hydrogen (secondary N) is 1. The molecule has 0 heterocycles. The van der Waals surface area contributed by atoms with E-state index < -0.39 is 24.5 Å². The first-order chi connectivity index (χ1) is 11.0. The van der Waals surface area contributed by atoms with Crippen molar-refractivity contribution in [2.75, 3.05) is 19.8 Å². The molecule has 1 aromatic carbocycles. The molecule has 0 saturated carbocycles. The molecule has 0 spiro atoms. The summed E-state index contributed by atoms with van der Waals surface area (Å²) in [6.07, 6.45) is -4.17. The van der Waals surface area contributed by atoms with E-state index in [9.17, 15) is 22.8 Å². The van der Waals surface area contributed by atoms with Gasteiger partial charge in [0.05, 0.1) is 0 Å². The summed E-state index contributed by atoms with van der Waals surface area (Å²) in [6, 6.07) is 6.78. The van der Waals surface area contributed by atoms with E-state index in [2.05, 4.69) is 10.1 Å². The molecule has 0 atom stereocenters. The van der Waals surface area contributed by atoms with E-state index in [1.54, 1.807) is 24.3 Å². The summed E-state index contributed by atoms with van der Waals surface area (Å²) in [6.45, 7) is 4.73. The third-order valence-corrected chi connectivity index (χ3v) is 3.24. The molecule has 0 aliphatic carbocycles. The molecular weight excluding hydrogens is 323 g/mol. The van der Waals surface area contributed by atoms with E-state index in [0.29, 0.717) is 0 Å². The van der Waals surface area contributed by atoms with E-state index >= 15 is 0 Å². The van der Waals surface area contributed by atoms with Crippen molar-refractivity contribution < 1.29 is 27.5 Å². The third kappa shape index (κ3) is 7.12. The fourth-order valence-corrected chi connectivity index (χ4v) is 1.90. The van der Waals surface area contributed by atoms with Crippen LogP contribution in [0, 0.1) is 0 Å². The first-order valence-electron chi connectivity index (χ1n) is 7.58. The quantitative estimate of drug-likeness (QED) is 0.469. The average molecular weight is 345 g/mol. The van der Waals surface area contributed by atoms with Crippen molar-refractivity contribution in [2.24, 2.45) is 0 Å². The van der Waals surface area contributed by atoms with E-state index in [-0.39, 0.29) is 30.6 Å². The number of carbonyl (C=O) groups excluding carboxylic acids is 2. The minimum atomic E-state index is -4.36. The number of benzene rings is 1. The van der Waals surface area contributed by atoms with Gasteiger partial charge in [-0.3, -0.25) is 9.59 Å². The van der Waals surface area contributed by atoms with Crippen LogP contribution in [-0.2, 0) is 14.9 Å². The number of carbonyl (C=O) groups is 2. The van der Waals surface area contributed by atoms with E-state index in [1.807, 2.05) is 20.8 Å². The highest BCUT2D eigenvalue weighted by Gasteiger charge is 2.27. The zero-order valence-corrected chi connectivity index (χ0v) is 14.0.